The summed E-state index contributed by atoms with van der Waals surface area (Å²) in [6.07, 6.45) is 8.06. The van der Waals surface area contributed by atoms with E-state index >= 15 is 0 Å². The predicted octanol–water partition coefficient (Wildman–Crippen LogP) is 8.10. The molecule has 1 fully saturated rings. The van der Waals surface area contributed by atoms with Gasteiger partial charge in [0.2, 0.25) is 0 Å². The Morgan fingerprint density at radius 1 is 0.679 bits per heavy atom. The van der Waals surface area contributed by atoms with Gasteiger partial charge in [0.25, 0.3) is 0 Å². The van der Waals surface area contributed by atoms with Gasteiger partial charge in [-0.05, 0) is 46.8 Å². The van der Waals surface area contributed by atoms with Gasteiger partial charge in [0.05, 0.1) is 6.10 Å². The van der Waals surface area contributed by atoms with Gasteiger partial charge >= 0.3 is 0 Å². The molecule has 0 bridgehead atoms. The Bertz CT molecular complexity index is 333. The lowest BCUT2D eigenvalue weighted by Crippen LogP contribution is -2.30. The topological polar surface area (TPSA) is 40.5 Å². The molecule has 0 aromatic carbocycles. The summed E-state index contributed by atoms with van der Waals surface area (Å²) in [5.41, 5.74) is 1.32. The molecule has 2 nitrogen and oxygen atoms in total. The average Bonchev–Trinajstić information content (AvgIpc) is 2.46. The molecule has 0 aromatic heterocycles. The van der Waals surface area contributed by atoms with Crippen molar-refractivity contribution in [3.8, 4) is 0 Å². The zero-order valence-corrected chi connectivity index (χ0v) is 22.3. The monoisotopic (exact) mass is 402 g/mol. The van der Waals surface area contributed by atoms with E-state index in [0.717, 1.165) is 19.4 Å². The molecule has 1 unspecified atom stereocenters. The molecule has 174 valence electrons. The quantitative estimate of drug-likeness (QED) is 0.465. The van der Waals surface area contributed by atoms with Crippen LogP contribution in [0.3, 0.4) is 0 Å². The second-order valence-electron chi connectivity index (χ2n) is 13.3. The number of aliphatic hydroxyl groups excluding tert-OH is 2. The van der Waals surface area contributed by atoms with Crippen LogP contribution in [0.5, 0.6) is 0 Å². The third kappa shape index (κ3) is 25.9. The maximum absolute atomic E-state index is 9.72. The van der Waals surface area contributed by atoms with E-state index in [0.29, 0.717) is 10.8 Å². The lowest BCUT2D eigenvalue weighted by atomic mass is 9.72. The van der Waals surface area contributed by atoms with Crippen LogP contribution in [0.25, 0.3) is 0 Å². The van der Waals surface area contributed by atoms with Gasteiger partial charge in [-0.15, -0.1) is 0 Å². The summed E-state index contributed by atoms with van der Waals surface area (Å²) in [5.74, 6) is 1.00. The number of aliphatic hydroxyl groups is 2. The van der Waals surface area contributed by atoms with E-state index in [9.17, 15) is 5.11 Å². The molecule has 0 spiro atoms. The summed E-state index contributed by atoms with van der Waals surface area (Å²) in [6, 6.07) is 0. The molecule has 1 aliphatic carbocycles. The second kappa shape index (κ2) is 14.0. The Morgan fingerprint density at radius 3 is 1.14 bits per heavy atom. The highest BCUT2D eigenvalue weighted by atomic mass is 16.3. The van der Waals surface area contributed by atoms with Crippen molar-refractivity contribution in [3.63, 3.8) is 0 Å². The zero-order chi connectivity index (χ0) is 23.4. The Labute approximate surface area is 179 Å². The zero-order valence-electron chi connectivity index (χ0n) is 22.3. The molecule has 28 heavy (non-hydrogen) atoms. The van der Waals surface area contributed by atoms with Crippen molar-refractivity contribution in [1.82, 2.24) is 0 Å². The smallest absolute Gasteiger partial charge is 0.0593 e. The lowest BCUT2D eigenvalue weighted by Gasteiger charge is -2.33. The van der Waals surface area contributed by atoms with Crippen molar-refractivity contribution >= 4 is 0 Å². The first-order valence-corrected chi connectivity index (χ1v) is 11.4. The van der Waals surface area contributed by atoms with Crippen LogP contribution in [0, 0.1) is 27.6 Å². The Kier molecular flexibility index (Phi) is 16.3. The van der Waals surface area contributed by atoms with Crippen molar-refractivity contribution in [2.75, 3.05) is 7.11 Å². The molecule has 1 atom stereocenters. The van der Waals surface area contributed by atoms with Crippen LogP contribution in [-0.4, -0.2) is 23.4 Å². The fourth-order valence-corrected chi connectivity index (χ4v) is 2.85. The minimum Gasteiger partial charge on any atom is -0.400 e. The summed E-state index contributed by atoms with van der Waals surface area (Å²) in [6.45, 7) is 28.6. The van der Waals surface area contributed by atoms with Crippen molar-refractivity contribution in [2.24, 2.45) is 27.6 Å². The standard InChI is InChI=1S/C10H22O.C10H20.C5H12.CH4O/c1-9(2,3)7-8(11)10(4,5)6;1-10(2,3)9-7-5-4-6-8-9;1-5(2,3)4;1-2/h8,11H,7H2,1-6H3;9H,4-8H2,1-3H3;1-4H3;2H,1H3. The highest BCUT2D eigenvalue weighted by Crippen LogP contribution is 2.37. The Hall–Kier alpha value is -0.0800. The summed E-state index contributed by atoms with van der Waals surface area (Å²) in [4.78, 5) is 0. The molecule has 0 aliphatic heterocycles. The van der Waals surface area contributed by atoms with Gasteiger partial charge in [-0.2, -0.15) is 0 Å². The van der Waals surface area contributed by atoms with Gasteiger partial charge < -0.3 is 10.2 Å². The first-order chi connectivity index (χ1) is 12.2. The highest BCUT2D eigenvalue weighted by Gasteiger charge is 2.27. The summed E-state index contributed by atoms with van der Waals surface area (Å²) < 4.78 is 0. The summed E-state index contributed by atoms with van der Waals surface area (Å²) in [5, 5.41) is 16.7. The van der Waals surface area contributed by atoms with Gasteiger partial charge in [0.1, 0.15) is 0 Å². The van der Waals surface area contributed by atoms with Gasteiger partial charge in [-0.1, -0.05) is 109 Å². The molecule has 0 aromatic rings. The normalized spacial score (nSPS) is 17.1. The van der Waals surface area contributed by atoms with Crippen molar-refractivity contribution in [2.45, 2.75) is 135 Å². The van der Waals surface area contributed by atoms with Gasteiger partial charge in [-0.25, -0.2) is 0 Å². The maximum atomic E-state index is 9.72. The molecule has 1 aliphatic rings. The van der Waals surface area contributed by atoms with Crippen molar-refractivity contribution in [3.05, 3.63) is 0 Å². The highest BCUT2D eigenvalue weighted by molar-refractivity contribution is 4.78. The largest absolute Gasteiger partial charge is 0.400 e. The first kappa shape index (κ1) is 32.6. The van der Waals surface area contributed by atoms with Crippen LogP contribution in [0.1, 0.15) is 129 Å². The fourth-order valence-electron chi connectivity index (χ4n) is 2.85. The van der Waals surface area contributed by atoms with Crippen LogP contribution in [0.15, 0.2) is 0 Å². The van der Waals surface area contributed by atoms with Gasteiger partial charge in [0, 0.05) is 7.11 Å². The molecule has 1 saturated carbocycles. The molecule has 2 heteroatoms. The predicted molar refractivity (Wildman–Crippen MR) is 129 cm³/mol. The minimum atomic E-state index is -0.192. The maximum Gasteiger partial charge on any atom is 0.0593 e. The molecular weight excluding hydrogens is 344 g/mol. The van der Waals surface area contributed by atoms with Gasteiger partial charge in [0.15, 0.2) is 0 Å². The van der Waals surface area contributed by atoms with E-state index in [1.807, 2.05) is 0 Å². The summed E-state index contributed by atoms with van der Waals surface area (Å²) in [7, 11) is 1.00. The molecule has 0 heterocycles. The van der Waals surface area contributed by atoms with E-state index in [-0.39, 0.29) is 16.9 Å². The van der Waals surface area contributed by atoms with Crippen molar-refractivity contribution in [1.29, 1.82) is 0 Å². The lowest BCUT2D eigenvalue weighted by molar-refractivity contribution is 0.0284. The second-order valence-corrected chi connectivity index (χ2v) is 13.3. The van der Waals surface area contributed by atoms with E-state index in [2.05, 4.69) is 90.0 Å². The van der Waals surface area contributed by atoms with E-state index in [1.165, 1.54) is 32.1 Å². The average molecular weight is 403 g/mol. The van der Waals surface area contributed by atoms with Crippen LogP contribution >= 0.6 is 0 Å². The molecular formula is C26H58O2. The fraction of sp³-hybridized carbons (Fsp3) is 1.00. The van der Waals surface area contributed by atoms with Crippen LogP contribution < -0.4 is 0 Å². The van der Waals surface area contributed by atoms with E-state index in [4.69, 9.17) is 5.11 Å². The molecule has 2 N–H and O–H groups in total. The van der Waals surface area contributed by atoms with E-state index in [1.54, 1.807) is 0 Å². The Morgan fingerprint density at radius 2 is 1.00 bits per heavy atom. The molecule has 0 saturated heterocycles. The van der Waals surface area contributed by atoms with Crippen LogP contribution in [0.4, 0.5) is 0 Å². The third-order valence-corrected chi connectivity index (χ3v) is 4.64. The molecule has 0 amide bonds. The van der Waals surface area contributed by atoms with Crippen LogP contribution in [-0.2, 0) is 0 Å². The molecule has 0 radical (unpaired) electrons. The summed E-state index contributed by atoms with van der Waals surface area (Å²) >= 11 is 0. The van der Waals surface area contributed by atoms with Crippen molar-refractivity contribution < 1.29 is 10.2 Å². The number of hydrogen-bond acceptors (Lipinski definition) is 2. The first-order valence-electron chi connectivity index (χ1n) is 11.4. The number of hydrogen-bond donors (Lipinski definition) is 2. The third-order valence-electron chi connectivity index (χ3n) is 4.64. The SMILES string of the molecule is CC(C)(C)C.CC(C)(C)C1CCCCC1.CC(C)(C)CC(O)C(C)(C)C.CO. The minimum absolute atomic E-state index is 0.0211. The van der Waals surface area contributed by atoms with Gasteiger partial charge in [-0.3, -0.25) is 0 Å². The number of rotatable bonds is 1. The van der Waals surface area contributed by atoms with Crippen LogP contribution in [0.2, 0.25) is 0 Å². The Balaban J connectivity index is -0.000000339. The van der Waals surface area contributed by atoms with E-state index < -0.39 is 0 Å². The molecule has 1 rings (SSSR count).